The van der Waals surface area contributed by atoms with Gasteiger partial charge in [0.2, 0.25) is 0 Å². The lowest BCUT2D eigenvalue weighted by molar-refractivity contribution is 0.0123. The first-order valence-electron chi connectivity index (χ1n) is 18.5. The molecule has 0 aliphatic heterocycles. The molecular formula is C45H50N4O3. The molecule has 268 valence electrons. The number of amides is 3. The van der Waals surface area contributed by atoms with Gasteiger partial charge < -0.3 is 19.9 Å². The van der Waals surface area contributed by atoms with Crippen molar-refractivity contribution in [2.45, 2.75) is 90.6 Å². The van der Waals surface area contributed by atoms with Crippen LogP contribution in [0.3, 0.4) is 0 Å². The van der Waals surface area contributed by atoms with Crippen LogP contribution in [0, 0.1) is 0 Å². The summed E-state index contributed by atoms with van der Waals surface area (Å²) in [6.45, 7) is 7.17. The van der Waals surface area contributed by atoms with Crippen molar-refractivity contribution < 1.29 is 14.3 Å². The number of carbonyl (C=O) groups is 2. The number of benzene rings is 4. The lowest BCUT2D eigenvalue weighted by Crippen LogP contribution is -2.42. The number of rotatable bonds is 10. The van der Waals surface area contributed by atoms with Gasteiger partial charge in [-0.15, -0.1) is 0 Å². The molecule has 0 spiro atoms. The van der Waals surface area contributed by atoms with Crippen molar-refractivity contribution in [3.63, 3.8) is 0 Å². The largest absolute Gasteiger partial charge is 0.444 e. The molecule has 4 aromatic carbocycles. The summed E-state index contributed by atoms with van der Waals surface area (Å²) in [5.41, 5.74) is 7.68. The van der Waals surface area contributed by atoms with E-state index in [0.717, 1.165) is 70.3 Å². The maximum absolute atomic E-state index is 13.7. The van der Waals surface area contributed by atoms with Crippen molar-refractivity contribution in [2.75, 3.05) is 5.32 Å². The first-order valence-corrected chi connectivity index (χ1v) is 18.5. The standard InChI is InChI=1S/C45H50N4O3/c1-45(2,3)52-44(51)49(42-15-9-4-5-10-16-42)33-35-19-23-39(24-20-35)38-21-17-34(18-22-38)31-48(32-36-12-11-29-46-30-36)43(50)47-41-27-25-40(26-28-41)37-13-7-6-8-14-37/h6-8,11-14,17-30,42H,4-5,9-10,15-16,31-33H2,1-3H3,(H,47,50). The number of anilines is 1. The van der Waals surface area contributed by atoms with Gasteiger partial charge in [0.25, 0.3) is 0 Å². The Morgan fingerprint density at radius 1 is 0.654 bits per heavy atom. The van der Waals surface area contributed by atoms with Crippen LogP contribution in [-0.2, 0) is 24.4 Å². The van der Waals surface area contributed by atoms with Crippen molar-refractivity contribution >= 4 is 17.8 Å². The quantitative estimate of drug-likeness (QED) is 0.148. The fraction of sp³-hybridized carbons (Fsp3) is 0.311. The Morgan fingerprint density at radius 3 is 1.75 bits per heavy atom. The predicted molar refractivity (Wildman–Crippen MR) is 210 cm³/mol. The average Bonchev–Trinajstić information content (AvgIpc) is 3.44. The maximum Gasteiger partial charge on any atom is 0.410 e. The van der Waals surface area contributed by atoms with Crippen molar-refractivity contribution in [3.05, 3.63) is 144 Å². The van der Waals surface area contributed by atoms with E-state index in [4.69, 9.17) is 4.74 Å². The number of hydrogen-bond donors (Lipinski definition) is 1. The number of nitrogens with one attached hydrogen (secondary N) is 1. The molecule has 1 aliphatic rings. The number of aromatic nitrogens is 1. The third-order valence-corrected chi connectivity index (χ3v) is 9.49. The van der Waals surface area contributed by atoms with E-state index < -0.39 is 5.60 Å². The summed E-state index contributed by atoms with van der Waals surface area (Å²) in [5.74, 6) is 0. The lowest BCUT2D eigenvalue weighted by Gasteiger charge is -2.33. The Hall–Kier alpha value is -5.43. The zero-order valence-corrected chi connectivity index (χ0v) is 30.6. The van der Waals surface area contributed by atoms with Gasteiger partial charge in [0.1, 0.15) is 5.60 Å². The van der Waals surface area contributed by atoms with Crippen LogP contribution in [0.25, 0.3) is 22.3 Å². The second-order valence-corrected chi connectivity index (χ2v) is 14.7. The van der Waals surface area contributed by atoms with Gasteiger partial charge in [-0.1, -0.05) is 123 Å². The number of pyridine rings is 1. The molecule has 7 heteroatoms. The fourth-order valence-corrected chi connectivity index (χ4v) is 6.75. The molecule has 3 amide bonds. The molecule has 0 atom stereocenters. The second kappa shape index (κ2) is 17.2. The molecule has 1 fully saturated rings. The SMILES string of the molecule is CC(C)(C)OC(=O)N(Cc1ccc(-c2ccc(CN(Cc3cccnc3)C(=O)Nc3ccc(-c4ccccc4)cc3)cc2)cc1)C1CCCCCC1. The Morgan fingerprint density at radius 2 is 1.19 bits per heavy atom. The van der Waals surface area contributed by atoms with Crippen LogP contribution in [0.1, 0.15) is 76.0 Å². The van der Waals surface area contributed by atoms with Gasteiger partial charge in [-0.05, 0) is 90.8 Å². The van der Waals surface area contributed by atoms with E-state index in [1.54, 1.807) is 17.3 Å². The minimum absolute atomic E-state index is 0.180. The van der Waals surface area contributed by atoms with Crippen LogP contribution in [0.15, 0.2) is 128 Å². The normalized spacial score (nSPS) is 13.5. The smallest absolute Gasteiger partial charge is 0.410 e. The predicted octanol–water partition coefficient (Wildman–Crippen LogP) is 11.1. The van der Waals surface area contributed by atoms with Crippen molar-refractivity contribution in [1.82, 2.24) is 14.8 Å². The van der Waals surface area contributed by atoms with Gasteiger partial charge in [-0.25, -0.2) is 9.59 Å². The minimum atomic E-state index is -0.537. The zero-order chi connectivity index (χ0) is 36.3. The molecule has 6 rings (SSSR count). The van der Waals surface area contributed by atoms with Crippen LogP contribution in [0.2, 0.25) is 0 Å². The molecule has 0 radical (unpaired) electrons. The van der Waals surface area contributed by atoms with Gasteiger partial charge >= 0.3 is 12.1 Å². The number of ether oxygens (including phenoxy) is 1. The Kier molecular flexibility index (Phi) is 12.0. The monoisotopic (exact) mass is 694 g/mol. The minimum Gasteiger partial charge on any atom is -0.444 e. The van der Waals surface area contributed by atoms with E-state index >= 15 is 0 Å². The van der Waals surface area contributed by atoms with Crippen LogP contribution < -0.4 is 5.32 Å². The second-order valence-electron chi connectivity index (χ2n) is 14.7. The van der Waals surface area contributed by atoms with Gasteiger partial charge in [0, 0.05) is 43.8 Å². The zero-order valence-electron chi connectivity index (χ0n) is 30.6. The first-order chi connectivity index (χ1) is 25.2. The highest BCUT2D eigenvalue weighted by molar-refractivity contribution is 5.89. The summed E-state index contributed by atoms with van der Waals surface area (Å²) < 4.78 is 5.85. The summed E-state index contributed by atoms with van der Waals surface area (Å²) in [6, 6.07) is 38.8. The van der Waals surface area contributed by atoms with E-state index in [2.05, 4.69) is 71.0 Å². The maximum atomic E-state index is 13.7. The molecule has 0 unspecified atom stereocenters. The number of hydrogen-bond acceptors (Lipinski definition) is 4. The third kappa shape index (κ3) is 10.3. The molecule has 0 bridgehead atoms. The highest BCUT2D eigenvalue weighted by Crippen LogP contribution is 2.28. The summed E-state index contributed by atoms with van der Waals surface area (Å²) in [6.07, 6.45) is 10.1. The number of urea groups is 1. The Labute approximate surface area is 308 Å². The van der Waals surface area contributed by atoms with E-state index in [1.807, 2.05) is 80.3 Å². The van der Waals surface area contributed by atoms with E-state index in [1.165, 1.54) is 12.8 Å². The molecule has 1 aliphatic carbocycles. The summed E-state index contributed by atoms with van der Waals surface area (Å²) in [7, 11) is 0. The molecule has 0 saturated heterocycles. The number of carbonyl (C=O) groups excluding carboxylic acids is 2. The van der Waals surface area contributed by atoms with Crippen molar-refractivity contribution in [2.24, 2.45) is 0 Å². The Balaban J connectivity index is 1.13. The van der Waals surface area contributed by atoms with Gasteiger partial charge in [-0.3, -0.25) is 4.98 Å². The number of nitrogens with zero attached hydrogens (tertiary/aromatic N) is 3. The molecule has 7 nitrogen and oxygen atoms in total. The average molecular weight is 695 g/mol. The van der Waals surface area contributed by atoms with E-state index in [0.29, 0.717) is 19.6 Å². The van der Waals surface area contributed by atoms with Crippen molar-refractivity contribution in [3.8, 4) is 22.3 Å². The molecule has 52 heavy (non-hydrogen) atoms. The third-order valence-electron chi connectivity index (χ3n) is 9.49. The molecule has 1 N–H and O–H groups in total. The molecule has 5 aromatic rings. The van der Waals surface area contributed by atoms with E-state index in [9.17, 15) is 9.59 Å². The van der Waals surface area contributed by atoms with E-state index in [-0.39, 0.29) is 18.2 Å². The highest BCUT2D eigenvalue weighted by atomic mass is 16.6. The fourth-order valence-electron chi connectivity index (χ4n) is 6.75. The highest BCUT2D eigenvalue weighted by Gasteiger charge is 2.29. The van der Waals surface area contributed by atoms with Crippen LogP contribution >= 0.6 is 0 Å². The van der Waals surface area contributed by atoms with Crippen LogP contribution in [0.4, 0.5) is 15.3 Å². The molecule has 1 heterocycles. The van der Waals surface area contributed by atoms with Crippen molar-refractivity contribution in [1.29, 1.82) is 0 Å². The van der Waals surface area contributed by atoms with Crippen LogP contribution in [0.5, 0.6) is 0 Å². The summed E-state index contributed by atoms with van der Waals surface area (Å²) >= 11 is 0. The lowest BCUT2D eigenvalue weighted by atomic mass is 10.0. The molecule has 1 saturated carbocycles. The van der Waals surface area contributed by atoms with Gasteiger partial charge in [-0.2, -0.15) is 0 Å². The summed E-state index contributed by atoms with van der Waals surface area (Å²) in [4.78, 5) is 35.0. The van der Waals surface area contributed by atoms with Crippen LogP contribution in [-0.4, -0.2) is 38.6 Å². The topological polar surface area (TPSA) is 74.8 Å². The first kappa shape index (κ1) is 36.4. The molecular weight excluding hydrogens is 645 g/mol. The Bertz CT molecular complexity index is 1860. The van der Waals surface area contributed by atoms with Gasteiger partial charge in [0.05, 0.1) is 0 Å². The molecule has 1 aromatic heterocycles. The van der Waals surface area contributed by atoms with Gasteiger partial charge in [0.15, 0.2) is 0 Å². The summed E-state index contributed by atoms with van der Waals surface area (Å²) in [5, 5.41) is 3.09.